The summed E-state index contributed by atoms with van der Waals surface area (Å²) in [6.45, 7) is 1.26. The number of carbonyl (C=O) groups excluding carboxylic acids is 1. The number of carbonyl (C=O) groups is 1. The Morgan fingerprint density at radius 2 is 1.67 bits per heavy atom. The summed E-state index contributed by atoms with van der Waals surface area (Å²) in [6.07, 6.45) is 9.49. The zero-order chi connectivity index (χ0) is 17.8. The average molecular weight is 346 g/mol. The van der Waals surface area contributed by atoms with Crippen LogP contribution in [0.5, 0.6) is 0 Å². The molecule has 6 nitrogen and oxygen atoms in total. The molecule has 0 spiro atoms. The first kappa shape index (κ1) is 21.4. The zero-order valence-electron chi connectivity index (χ0n) is 14.9. The Labute approximate surface area is 145 Å². The van der Waals surface area contributed by atoms with E-state index in [-0.39, 0.29) is 13.0 Å². The molecule has 1 rings (SSSR count). The predicted molar refractivity (Wildman–Crippen MR) is 90.3 cm³/mol. The highest BCUT2D eigenvalue weighted by atomic mass is 16.7. The van der Waals surface area contributed by atoms with Crippen LogP contribution in [0, 0.1) is 0 Å². The summed E-state index contributed by atoms with van der Waals surface area (Å²) in [4.78, 5) is 11.9. The Hall–Kier alpha value is -0.690. The lowest BCUT2D eigenvalue weighted by atomic mass is 10.1. The van der Waals surface area contributed by atoms with Crippen molar-refractivity contribution in [3.8, 4) is 0 Å². The highest BCUT2D eigenvalue weighted by Gasteiger charge is 2.49. The number of hydrogen-bond acceptors (Lipinski definition) is 6. The number of rotatable bonds is 13. The van der Waals surface area contributed by atoms with Gasteiger partial charge >= 0.3 is 5.97 Å². The van der Waals surface area contributed by atoms with Crippen molar-refractivity contribution >= 4 is 5.97 Å². The lowest BCUT2D eigenvalue weighted by Crippen LogP contribution is -2.45. The maximum atomic E-state index is 11.9. The van der Waals surface area contributed by atoms with Gasteiger partial charge in [-0.3, -0.25) is 4.79 Å². The zero-order valence-corrected chi connectivity index (χ0v) is 14.9. The van der Waals surface area contributed by atoms with Gasteiger partial charge in [0.05, 0.1) is 12.7 Å². The number of hydrogen-bond donors (Lipinski definition) is 3. The number of esters is 1. The topological polar surface area (TPSA) is 96.2 Å². The van der Waals surface area contributed by atoms with E-state index in [1.165, 1.54) is 38.5 Å². The quantitative estimate of drug-likeness (QED) is 0.350. The molecule has 0 aromatic rings. The summed E-state index contributed by atoms with van der Waals surface area (Å²) < 4.78 is 10.4. The molecule has 1 aliphatic rings. The van der Waals surface area contributed by atoms with Crippen LogP contribution in [-0.4, -0.2) is 52.5 Å². The van der Waals surface area contributed by atoms with Crippen LogP contribution in [0.25, 0.3) is 0 Å². The van der Waals surface area contributed by atoms with Crippen molar-refractivity contribution in [2.24, 2.45) is 0 Å². The molecule has 0 amide bonds. The van der Waals surface area contributed by atoms with Crippen molar-refractivity contribution in [3.05, 3.63) is 0 Å². The predicted octanol–water partition coefficient (Wildman–Crippen LogP) is 2.28. The summed E-state index contributed by atoms with van der Waals surface area (Å²) in [7, 11) is 0. The Morgan fingerprint density at radius 3 is 2.21 bits per heavy atom. The highest BCUT2D eigenvalue weighted by Crippen LogP contribution is 2.31. The summed E-state index contributed by atoms with van der Waals surface area (Å²) in [6, 6.07) is 0. The monoisotopic (exact) mass is 346 g/mol. The van der Waals surface area contributed by atoms with E-state index >= 15 is 0 Å². The van der Waals surface area contributed by atoms with E-state index < -0.39 is 30.6 Å². The van der Waals surface area contributed by atoms with E-state index in [1.807, 2.05) is 0 Å². The molecule has 6 heteroatoms. The molecule has 0 aliphatic carbocycles. The maximum absolute atomic E-state index is 11.9. The van der Waals surface area contributed by atoms with E-state index in [4.69, 9.17) is 14.6 Å². The fraction of sp³-hybridized carbons (Fsp3) is 0.944. The van der Waals surface area contributed by atoms with Gasteiger partial charge in [-0.25, -0.2) is 0 Å². The summed E-state index contributed by atoms with van der Waals surface area (Å²) in [5.74, 6) is -2.29. The van der Waals surface area contributed by atoms with E-state index in [0.29, 0.717) is 6.42 Å². The van der Waals surface area contributed by atoms with Crippen LogP contribution in [0.15, 0.2) is 0 Å². The first-order chi connectivity index (χ1) is 11.6. The van der Waals surface area contributed by atoms with Crippen LogP contribution in [0.3, 0.4) is 0 Å². The normalized spacial score (nSPS) is 26.7. The molecule has 1 saturated heterocycles. The van der Waals surface area contributed by atoms with Gasteiger partial charge in [0, 0.05) is 12.8 Å². The Balaban J connectivity index is 2.11. The minimum absolute atomic E-state index is 0.192. The van der Waals surface area contributed by atoms with Gasteiger partial charge in [-0.1, -0.05) is 58.3 Å². The van der Waals surface area contributed by atoms with Gasteiger partial charge in [0.1, 0.15) is 6.61 Å². The van der Waals surface area contributed by atoms with Crippen molar-refractivity contribution < 1.29 is 29.6 Å². The fourth-order valence-corrected chi connectivity index (χ4v) is 3.02. The van der Waals surface area contributed by atoms with Crippen molar-refractivity contribution in [1.82, 2.24) is 0 Å². The van der Waals surface area contributed by atoms with Gasteiger partial charge in [0.25, 0.3) is 0 Å². The molecule has 142 valence electrons. The van der Waals surface area contributed by atoms with Gasteiger partial charge < -0.3 is 24.8 Å². The van der Waals surface area contributed by atoms with Gasteiger partial charge in [-0.05, 0) is 6.42 Å². The number of unbranched alkanes of at least 4 members (excludes halogenated alkanes) is 8. The molecule has 3 unspecified atom stereocenters. The summed E-state index contributed by atoms with van der Waals surface area (Å²) in [5.41, 5.74) is 0. The largest absolute Gasteiger partial charge is 0.456 e. The maximum Gasteiger partial charge on any atom is 0.306 e. The standard InChI is InChI=1S/C18H34O6/c1-2-3-4-5-6-7-8-9-10-11-17(21)23-16-12-15(13-19)24-18(16,22)14-20/h15-16,19-20,22H,2-14H2,1H3. The molecule has 3 N–H and O–H groups in total. The Bertz CT molecular complexity index is 348. The van der Waals surface area contributed by atoms with Gasteiger partial charge in [-0.15, -0.1) is 0 Å². The third-order valence-electron chi connectivity index (χ3n) is 4.54. The smallest absolute Gasteiger partial charge is 0.306 e. The van der Waals surface area contributed by atoms with E-state index in [1.54, 1.807) is 0 Å². The first-order valence-electron chi connectivity index (χ1n) is 9.37. The van der Waals surface area contributed by atoms with Crippen molar-refractivity contribution in [3.63, 3.8) is 0 Å². The second-order valence-corrected chi connectivity index (χ2v) is 6.72. The van der Waals surface area contributed by atoms with Crippen LogP contribution in [0.2, 0.25) is 0 Å². The molecule has 1 heterocycles. The van der Waals surface area contributed by atoms with Crippen molar-refractivity contribution in [2.75, 3.05) is 13.2 Å². The third kappa shape index (κ3) is 7.47. The van der Waals surface area contributed by atoms with Crippen molar-refractivity contribution in [2.45, 2.75) is 95.5 Å². The van der Waals surface area contributed by atoms with Crippen LogP contribution < -0.4 is 0 Å². The molecule has 0 aromatic heterocycles. The summed E-state index contributed by atoms with van der Waals surface area (Å²) >= 11 is 0. The molecule has 0 bridgehead atoms. The van der Waals surface area contributed by atoms with E-state index in [9.17, 15) is 15.0 Å². The Morgan fingerprint density at radius 1 is 1.08 bits per heavy atom. The van der Waals surface area contributed by atoms with Crippen LogP contribution in [-0.2, 0) is 14.3 Å². The number of aliphatic hydroxyl groups is 3. The number of aliphatic hydroxyl groups excluding tert-OH is 2. The molecule has 0 saturated carbocycles. The molecule has 0 aromatic carbocycles. The SMILES string of the molecule is CCCCCCCCCCCC(=O)OC1CC(CO)OC1(O)CO. The minimum atomic E-state index is -1.90. The first-order valence-corrected chi connectivity index (χ1v) is 9.37. The van der Waals surface area contributed by atoms with E-state index in [2.05, 4.69) is 6.92 Å². The fourth-order valence-electron chi connectivity index (χ4n) is 3.02. The average Bonchev–Trinajstić information content (AvgIpc) is 2.90. The van der Waals surface area contributed by atoms with Crippen LogP contribution >= 0.6 is 0 Å². The number of ether oxygens (including phenoxy) is 2. The van der Waals surface area contributed by atoms with Gasteiger partial charge in [0.15, 0.2) is 6.10 Å². The van der Waals surface area contributed by atoms with Gasteiger partial charge in [0.2, 0.25) is 5.79 Å². The molecule has 24 heavy (non-hydrogen) atoms. The summed E-state index contributed by atoms with van der Waals surface area (Å²) in [5, 5.41) is 28.4. The van der Waals surface area contributed by atoms with Gasteiger partial charge in [-0.2, -0.15) is 0 Å². The van der Waals surface area contributed by atoms with E-state index in [0.717, 1.165) is 19.3 Å². The van der Waals surface area contributed by atoms with Crippen molar-refractivity contribution in [1.29, 1.82) is 0 Å². The van der Waals surface area contributed by atoms with Crippen LogP contribution in [0.4, 0.5) is 0 Å². The molecule has 1 aliphatic heterocycles. The third-order valence-corrected chi connectivity index (χ3v) is 4.54. The molecular weight excluding hydrogens is 312 g/mol. The lowest BCUT2D eigenvalue weighted by molar-refractivity contribution is -0.253. The molecule has 1 fully saturated rings. The Kier molecular flexibility index (Phi) is 10.5. The lowest BCUT2D eigenvalue weighted by Gasteiger charge is -2.26. The molecule has 0 radical (unpaired) electrons. The second-order valence-electron chi connectivity index (χ2n) is 6.72. The van der Waals surface area contributed by atoms with Crippen LogP contribution in [0.1, 0.15) is 77.6 Å². The highest BCUT2D eigenvalue weighted by molar-refractivity contribution is 5.69. The molecule has 3 atom stereocenters. The minimum Gasteiger partial charge on any atom is -0.456 e. The molecular formula is C18H34O6. The second kappa shape index (κ2) is 11.8.